The molecule has 0 radical (unpaired) electrons. The molecule has 0 bridgehead atoms. The molecule has 2 amide bonds. The molecule has 0 aromatic heterocycles. The first-order valence-corrected chi connectivity index (χ1v) is 13.7. The van der Waals surface area contributed by atoms with Crippen molar-refractivity contribution in [3.05, 3.63) is 99.5 Å². The summed E-state index contributed by atoms with van der Waals surface area (Å²) in [6.07, 6.45) is 0.400. The third kappa shape index (κ3) is 8.58. The predicted octanol–water partition coefficient (Wildman–Crippen LogP) is 6.81. The maximum Gasteiger partial charge on any atom is 0.243 e. The minimum Gasteiger partial charge on any atom is -0.354 e. The average Bonchev–Trinajstić information content (AvgIpc) is 2.86. The van der Waals surface area contributed by atoms with Crippen LogP contribution in [0.25, 0.3) is 0 Å². The van der Waals surface area contributed by atoms with Crippen molar-refractivity contribution < 1.29 is 9.59 Å². The Morgan fingerprint density at radius 3 is 2.31 bits per heavy atom. The van der Waals surface area contributed by atoms with Crippen LogP contribution in [0.1, 0.15) is 30.5 Å². The van der Waals surface area contributed by atoms with Crippen molar-refractivity contribution in [1.29, 1.82) is 0 Å². The molecule has 0 unspecified atom stereocenters. The molecule has 36 heavy (non-hydrogen) atoms. The average molecular weight is 544 g/mol. The van der Waals surface area contributed by atoms with Crippen LogP contribution in [-0.4, -0.2) is 35.1 Å². The van der Waals surface area contributed by atoms with Crippen LogP contribution in [0.2, 0.25) is 10.0 Å². The number of halogens is 2. The van der Waals surface area contributed by atoms with Gasteiger partial charge in [0.05, 0.1) is 5.75 Å². The molecule has 1 atom stereocenters. The zero-order valence-corrected chi connectivity index (χ0v) is 23.2. The summed E-state index contributed by atoms with van der Waals surface area (Å²) in [7, 11) is 0. The Bertz CT molecular complexity index is 1150. The highest BCUT2D eigenvalue weighted by Gasteiger charge is 2.31. The Labute approximate surface area is 228 Å². The number of carbonyl (C=O) groups excluding carboxylic acids is 2. The Morgan fingerprint density at radius 2 is 1.67 bits per heavy atom. The summed E-state index contributed by atoms with van der Waals surface area (Å²) < 4.78 is 0. The van der Waals surface area contributed by atoms with Gasteiger partial charge in [0, 0.05) is 34.5 Å². The highest BCUT2D eigenvalue weighted by molar-refractivity contribution is 8.00. The van der Waals surface area contributed by atoms with Crippen molar-refractivity contribution in [1.82, 2.24) is 10.2 Å². The molecule has 190 valence electrons. The minimum absolute atomic E-state index is 0.132. The van der Waals surface area contributed by atoms with E-state index in [0.717, 1.165) is 21.6 Å². The van der Waals surface area contributed by atoms with E-state index in [1.54, 1.807) is 17.0 Å². The molecule has 0 aliphatic rings. The lowest BCUT2D eigenvalue weighted by Crippen LogP contribution is -2.51. The lowest BCUT2D eigenvalue weighted by atomic mass is 10.0. The normalized spacial score (nSPS) is 11.8. The molecule has 3 aromatic rings. The van der Waals surface area contributed by atoms with Crippen LogP contribution in [0.15, 0.2) is 77.7 Å². The first-order valence-electron chi connectivity index (χ1n) is 12.0. The van der Waals surface area contributed by atoms with E-state index in [9.17, 15) is 9.59 Å². The van der Waals surface area contributed by atoms with Gasteiger partial charge in [0.1, 0.15) is 6.04 Å². The Balaban J connectivity index is 1.92. The summed E-state index contributed by atoms with van der Waals surface area (Å²) >= 11 is 14.0. The fourth-order valence-corrected chi connectivity index (χ4v) is 4.93. The zero-order chi connectivity index (χ0) is 26.1. The van der Waals surface area contributed by atoms with Crippen LogP contribution < -0.4 is 5.32 Å². The van der Waals surface area contributed by atoms with Crippen molar-refractivity contribution in [3.63, 3.8) is 0 Å². The summed E-state index contributed by atoms with van der Waals surface area (Å²) in [5.41, 5.74) is 2.88. The molecule has 3 rings (SSSR count). The standard InChI is InChI=1S/C29H32Cl2N2O2S/c1-20(2)17-32-29(35)27(15-22-7-5-4-6-8-22)33(18-23-11-12-24(30)16-26(23)31)28(34)19-36-25-13-9-21(3)10-14-25/h4-14,16,20,27H,15,17-19H2,1-3H3,(H,32,35)/t27-/m0/s1. The number of rotatable bonds is 11. The highest BCUT2D eigenvalue weighted by Crippen LogP contribution is 2.26. The second-order valence-corrected chi connectivity index (χ2v) is 11.1. The van der Waals surface area contributed by atoms with E-state index in [4.69, 9.17) is 23.2 Å². The van der Waals surface area contributed by atoms with E-state index in [0.29, 0.717) is 28.9 Å². The molecule has 0 aliphatic carbocycles. The summed E-state index contributed by atoms with van der Waals surface area (Å²) in [6.45, 7) is 6.85. The summed E-state index contributed by atoms with van der Waals surface area (Å²) in [5, 5.41) is 4.02. The third-order valence-corrected chi connectivity index (χ3v) is 7.28. The molecule has 0 saturated carbocycles. The molecule has 0 fully saturated rings. The monoisotopic (exact) mass is 542 g/mol. The molecular formula is C29H32Cl2N2O2S. The van der Waals surface area contributed by atoms with Gasteiger partial charge in [0.25, 0.3) is 0 Å². The number of nitrogens with one attached hydrogen (secondary N) is 1. The molecule has 7 heteroatoms. The fourth-order valence-electron chi connectivity index (χ4n) is 3.67. The topological polar surface area (TPSA) is 49.4 Å². The lowest BCUT2D eigenvalue weighted by Gasteiger charge is -2.32. The lowest BCUT2D eigenvalue weighted by molar-refractivity contribution is -0.139. The second-order valence-electron chi connectivity index (χ2n) is 9.20. The van der Waals surface area contributed by atoms with Crippen LogP contribution in [0.3, 0.4) is 0 Å². The third-order valence-electron chi connectivity index (χ3n) is 5.69. The molecule has 0 saturated heterocycles. The molecule has 1 N–H and O–H groups in total. The van der Waals surface area contributed by atoms with E-state index in [1.807, 2.05) is 81.4 Å². The quantitative estimate of drug-likeness (QED) is 0.271. The number of aryl methyl sites for hydroxylation is 1. The van der Waals surface area contributed by atoms with Gasteiger partial charge in [-0.3, -0.25) is 9.59 Å². The molecule has 0 spiro atoms. The highest BCUT2D eigenvalue weighted by atomic mass is 35.5. The fraction of sp³-hybridized carbons (Fsp3) is 0.310. The van der Waals surface area contributed by atoms with Gasteiger partial charge >= 0.3 is 0 Å². The number of hydrogen-bond acceptors (Lipinski definition) is 3. The summed E-state index contributed by atoms with van der Waals surface area (Å²) in [5.74, 6) is 0.189. The van der Waals surface area contributed by atoms with Gasteiger partial charge in [0.2, 0.25) is 11.8 Å². The smallest absolute Gasteiger partial charge is 0.243 e. The molecule has 0 heterocycles. The van der Waals surface area contributed by atoms with Crippen molar-refractivity contribution in [2.24, 2.45) is 5.92 Å². The van der Waals surface area contributed by atoms with E-state index in [-0.39, 0.29) is 24.1 Å². The number of amides is 2. The van der Waals surface area contributed by atoms with E-state index in [2.05, 4.69) is 5.32 Å². The van der Waals surface area contributed by atoms with Crippen LogP contribution in [0.4, 0.5) is 0 Å². The molecule has 4 nitrogen and oxygen atoms in total. The summed E-state index contributed by atoms with van der Waals surface area (Å²) in [6, 6.07) is 22.3. The number of hydrogen-bond donors (Lipinski definition) is 1. The maximum atomic E-state index is 13.7. The van der Waals surface area contributed by atoms with E-state index >= 15 is 0 Å². The van der Waals surface area contributed by atoms with Crippen LogP contribution in [0, 0.1) is 12.8 Å². The Kier molecular flexibility index (Phi) is 10.7. The Morgan fingerprint density at radius 1 is 0.972 bits per heavy atom. The van der Waals surface area contributed by atoms with Gasteiger partial charge in [-0.25, -0.2) is 0 Å². The number of carbonyl (C=O) groups is 2. The summed E-state index contributed by atoms with van der Waals surface area (Å²) in [4.78, 5) is 29.8. The van der Waals surface area contributed by atoms with Crippen LogP contribution in [-0.2, 0) is 22.6 Å². The molecule has 0 aliphatic heterocycles. The largest absolute Gasteiger partial charge is 0.354 e. The molecule has 3 aromatic carbocycles. The maximum absolute atomic E-state index is 13.7. The predicted molar refractivity (Wildman–Crippen MR) is 151 cm³/mol. The van der Waals surface area contributed by atoms with Gasteiger partial charge in [-0.1, -0.05) is 91.1 Å². The van der Waals surface area contributed by atoms with E-state index < -0.39 is 6.04 Å². The SMILES string of the molecule is Cc1ccc(SCC(=O)N(Cc2ccc(Cl)cc2Cl)[C@@H](Cc2ccccc2)C(=O)NCC(C)C)cc1. The molecular weight excluding hydrogens is 511 g/mol. The Hall–Kier alpha value is -2.47. The van der Waals surface area contributed by atoms with Gasteiger partial charge in [-0.2, -0.15) is 0 Å². The number of thioether (sulfide) groups is 1. The van der Waals surface area contributed by atoms with Gasteiger partial charge < -0.3 is 10.2 Å². The van der Waals surface area contributed by atoms with Crippen molar-refractivity contribution >= 4 is 46.8 Å². The first kappa shape index (κ1) is 28.1. The van der Waals surface area contributed by atoms with E-state index in [1.165, 1.54) is 11.8 Å². The number of nitrogens with zero attached hydrogens (tertiary/aromatic N) is 1. The minimum atomic E-state index is -0.691. The van der Waals surface area contributed by atoms with Gasteiger partial charge in [-0.05, 0) is 48.2 Å². The van der Waals surface area contributed by atoms with Crippen LogP contribution >= 0.6 is 35.0 Å². The van der Waals surface area contributed by atoms with Gasteiger partial charge in [-0.15, -0.1) is 11.8 Å². The van der Waals surface area contributed by atoms with Gasteiger partial charge in [0.15, 0.2) is 0 Å². The van der Waals surface area contributed by atoms with Crippen LogP contribution in [0.5, 0.6) is 0 Å². The van der Waals surface area contributed by atoms with Crippen molar-refractivity contribution in [3.8, 4) is 0 Å². The van der Waals surface area contributed by atoms with Crippen molar-refractivity contribution in [2.75, 3.05) is 12.3 Å². The first-order chi connectivity index (χ1) is 17.2. The van der Waals surface area contributed by atoms with Crippen molar-refractivity contribution in [2.45, 2.75) is 44.7 Å². The second kappa shape index (κ2) is 13.7. The number of benzene rings is 3. The zero-order valence-electron chi connectivity index (χ0n) is 20.8.